The number of nitrogens with zero attached hydrogens (tertiary/aromatic N) is 1. The molecule has 0 radical (unpaired) electrons. The molecule has 0 aliphatic rings. The minimum absolute atomic E-state index is 0.144. The van der Waals surface area contributed by atoms with Gasteiger partial charge in [-0.25, -0.2) is 4.79 Å². The van der Waals surface area contributed by atoms with Crippen molar-refractivity contribution in [1.82, 2.24) is 5.32 Å². The Morgan fingerprint density at radius 2 is 1.58 bits per heavy atom. The van der Waals surface area contributed by atoms with Crippen molar-refractivity contribution >= 4 is 24.5 Å². The van der Waals surface area contributed by atoms with E-state index in [4.69, 9.17) is 4.74 Å². The molecule has 0 aromatic heterocycles. The Hall–Kier alpha value is -1.51. The van der Waals surface area contributed by atoms with E-state index < -0.39 is 17.1 Å². The molecule has 26 heavy (non-hydrogen) atoms. The van der Waals surface area contributed by atoms with Crippen molar-refractivity contribution in [3.8, 4) is 0 Å². The first-order valence-electron chi connectivity index (χ1n) is 9.35. The van der Waals surface area contributed by atoms with Gasteiger partial charge in [-0.3, -0.25) is 4.79 Å². The maximum atomic E-state index is 11.8. The molecule has 1 N–H and O–H groups in total. The van der Waals surface area contributed by atoms with Crippen molar-refractivity contribution in [3.05, 3.63) is 10.1 Å². The highest BCUT2D eigenvalue weighted by atomic mass is 32.1. The van der Waals surface area contributed by atoms with E-state index in [0.29, 0.717) is 6.42 Å². The van der Waals surface area contributed by atoms with E-state index >= 15 is 0 Å². The lowest BCUT2D eigenvalue weighted by atomic mass is 10.1. The summed E-state index contributed by atoms with van der Waals surface area (Å²) in [6.07, 6.45) is 9.34. The van der Waals surface area contributed by atoms with E-state index in [2.05, 4.69) is 22.8 Å². The topological polar surface area (TPSA) is 108 Å². The zero-order chi connectivity index (χ0) is 19.6. The fourth-order valence-corrected chi connectivity index (χ4v) is 2.69. The highest BCUT2D eigenvalue weighted by molar-refractivity contribution is 7.80. The van der Waals surface area contributed by atoms with Gasteiger partial charge in [0.2, 0.25) is 5.91 Å². The summed E-state index contributed by atoms with van der Waals surface area (Å²) in [6.45, 7) is 2.19. The smallest absolute Gasteiger partial charge is 0.329 e. The Morgan fingerprint density at radius 3 is 2.08 bits per heavy atom. The number of rotatable bonds is 17. The van der Waals surface area contributed by atoms with E-state index in [1.807, 2.05) is 0 Å². The van der Waals surface area contributed by atoms with Crippen LogP contribution in [0.25, 0.3) is 0 Å². The van der Waals surface area contributed by atoms with Gasteiger partial charge < -0.3 is 14.9 Å². The van der Waals surface area contributed by atoms with Crippen LogP contribution in [0.15, 0.2) is 0 Å². The molecule has 0 saturated carbocycles. The number of unbranched alkanes of at least 4 members (excludes halogenated alkanes) is 8. The first-order chi connectivity index (χ1) is 12.5. The highest BCUT2D eigenvalue weighted by Gasteiger charge is 2.19. The fourth-order valence-electron chi connectivity index (χ4n) is 2.45. The van der Waals surface area contributed by atoms with Crippen LogP contribution in [0.1, 0.15) is 71.1 Å². The van der Waals surface area contributed by atoms with Crippen LogP contribution < -0.4 is 5.32 Å². The molecule has 9 heteroatoms. The van der Waals surface area contributed by atoms with Gasteiger partial charge in [0, 0.05) is 12.2 Å². The number of carbonyl (C=O) groups excluding carboxylic acids is 2. The van der Waals surface area contributed by atoms with Gasteiger partial charge in [0.25, 0.3) is 5.09 Å². The summed E-state index contributed by atoms with van der Waals surface area (Å²) >= 11 is 4.06. The van der Waals surface area contributed by atoms with E-state index in [1.165, 1.54) is 0 Å². The maximum Gasteiger partial charge on any atom is 0.329 e. The summed E-state index contributed by atoms with van der Waals surface area (Å²) in [6, 6.07) is -0.679. The number of nitrogens with one attached hydrogen (secondary N) is 1. The highest BCUT2D eigenvalue weighted by Crippen LogP contribution is 2.11. The van der Waals surface area contributed by atoms with Crippen molar-refractivity contribution in [3.63, 3.8) is 0 Å². The Kier molecular flexibility index (Phi) is 15.9. The van der Waals surface area contributed by atoms with Crippen molar-refractivity contribution in [1.29, 1.82) is 0 Å². The summed E-state index contributed by atoms with van der Waals surface area (Å²) in [5.74, 6) is -0.363. The van der Waals surface area contributed by atoms with Crippen LogP contribution in [0, 0.1) is 10.1 Å². The zero-order valence-corrected chi connectivity index (χ0v) is 16.5. The SMILES string of the molecule is CCOC(=O)C(CS)NC(=O)CCCCCCCCCCCO[N+](=O)[O-]. The molecule has 0 heterocycles. The zero-order valence-electron chi connectivity index (χ0n) is 15.6. The van der Waals surface area contributed by atoms with E-state index in [9.17, 15) is 19.7 Å². The first kappa shape index (κ1) is 24.5. The molecule has 1 amide bonds. The van der Waals surface area contributed by atoms with E-state index in [0.717, 1.165) is 57.8 Å². The van der Waals surface area contributed by atoms with Crippen LogP contribution in [0.3, 0.4) is 0 Å². The lowest BCUT2D eigenvalue weighted by Crippen LogP contribution is -2.43. The molecular weight excluding hydrogens is 360 g/mol. The lowest BCUT2D eigenvalue weighted by Gasteiger charge is -2.14. The molecule has 8 nitrogen and oxygen atoms in total. The summed E-state index contributed by atoms with van der Waals surface area (Å²) in [7, 11) is 0. The molecular formula is C17H32N2O6S. The molecule has 0 spiro atoms. The average molecular weight is 393 g/mol. The molecule has 0 aliphatic carbocycles. The van der Waals surface area contributed by atoms with Crippen LogP contribution in [-0.4, -0.2) is 42.0 Å². The maximum absolute atomic E-state index is 11.8. The number of carbonyl (C=O) groups is 2. The van der Waals surface area contributed by atoms with Crippen LogP contribution in [0.5, 0.6) is 0 Å². The number of amides is 1. The minimum atomic E-state index is -0.754. The third kappa shape index (κ3) is 14.8. The molecule has 0 fully saturated rings. The predicted molar refractivity (Wildman–Crippen MR) is 102 cm³/mol. The summed E-state index contributed by atoms with van der Waals surface area (Å²) in [5.41, 5.74) is 0. The largest absolute Gasteiger partial charge is 0.464 e. The third-order valence-electron chi connectivity index (χ3n) is 3.83. The van der Waals surface area contributed by atoms with Gasteiger partial charge in [0.15, 0.2) is 0 Å². The van der Waals surface area contributed by atoms with Gasteiger partial charge in [-0.1, -0.05) is 44.9 Å². The molecule has 0 aromatic rings. The monoisotopic (exact) mass is 392 g/mol. The molecule has 1 unspecified atom stereocenters. The Bertz CT molecular complexity index is 409. The third-order valence-corrected chi connectivity index (χ3v) is 4.20. The van der Waals surface area contributed by atoms with E-state index in [1.54, 1.807) is 6.92 Å². The molecule has 0 aliphatic heterocycles. The number of esters is 1. The molecule has 0 bridgehead atoms. The second-order valence-corrected chi connectivity index (χ2v) is 6.41. The van der Waals surface area contributed by atoms with Gasteiger partial charge in [0.05, 0.1) is 13.2 Å². The predicted octanol–water partition coefficient (Wildman–Crippen LogP) is 3.07. The Morgan fingerprint density at radius 1 is 1.04 bits per heavy atom. The van der Waals surface area contributed by atoms with E-state index in [-0.39, 0.29) is 24.9 Å². The second kappa shape index (κ2) is 16.9. The quantitative estimate of drug-likeness (QED) is 0.129. The van der Waals surface area contributed by atoms with Crippen LogP contribution in [0.2, 0.25) is 0 Å². The van der Waals surface area contributed by atoms with Crippen LogP contribution in [0.4, 0.5) is 0 Å². The molecule has 0 saturated heterocycles. The summed E-state index contributed by atoms with van der Waals surface area (Å²) in [4.78, 5) is 37.6. The average Bonchev–Trinajstić information content (AvgIpc) is 2.60. The molecule has 152 valence electrons. The number of hydrogen-bond acceptors (Lipinski definition) is 7. The number of thiol groups is 1. The number of hydrogen-bond donors (Lipinski definition) is 2. The molecule has 1 atom stereocenters. The Labute approximate surface area is 160 Å². The summed E-state index contributed by atoms with van der Waals surface area (Å²) in [5, 5.41) is 11.9. The number of ether oxygens (including phenoxy) is 1. The molecule has 0 rings (SSSR count). The van der Waals surface area contributed by atoms with Gasteiger partial charge in [-0.05, 0) is 19.8 Å². The fraction of sp³-hybridized carbons (Fsp3) is 0.882. The van der Waals surface area contributed by atoms with Gasteiger partial charge >= 0.3 is 5.97 Å². The normalized spacial score (nSPS) is 11.6. The second-order valence-electron chi connectivity index (χ2n) is 6.04. The van der Waals surface area contributed by atoms with Crippen molar-refractivity contribution in [2.24, 2.45) is 0 Å². The van der Waals surface area contributed by atoms with Crippen molar-refractivity contribution in [2.45, 2.75) is 77.2 Å². The standard InChI is InChI=1S/C17H32N2O6S/c1-2-24-17(21)15(14-26)18-16(20)12-10-8-6-4-3-5-7-9-11-13-25-19(22)23/h15,26H,2-14H2,1H3,(H,18,20). The van der Waals surface area contributed by atoms with Crippen molar-refractivity contribution < 1.29 is 24.3 Å². The lowest BCUT2D eigenvalue weighted by molar-refractivity contribution is -0.757. The minimum Gasteiger partial charge on any atom is -0.464 e. The Balaban J connectivity index is 3.47. The van der Waals surface area contributed by atoms with Gasteiger partial charge in [-0.2, -0.15) is 12.6 Å². The van der Waals surface area contributed by atoms with Gasteiger partial charge in [-0.15, -0.1) is 10.1 Å². The van der Waals surface area contributed by atoms with Crippen LogP contribution >= 0.6 is 12.6 Å². The molecule has 0 aromatic carbocycles. The van der Waals surface area contributed by atoms with Crippen molar-refractivity contribution in [2.75, 3.05) is 19.0 Å². The van der Waals surface area contributed by atoms with Crippen LogP contribution in [-0.2, 0) is 19.2 Å². The first-order valence-corrected chi connectivity index (χ1v) is 9.98. The summed E-state index contributed by atoms with van der Waals surface area (Å²) < 4.78 is 4.88. The van der Waals surface area contributed by atoms with Gasteiger partial charge in [0.1, 0.15) is 6.04 Å².